The highest BCUT2D eigenvalue weighted by atomic mass is 16.7. The van der Waals surface area contributed by atoms with E-state index in [0.717, 1.165) is 5.56 Å². The molecule has 26 heavy (non-hydrogen) atoms. The number of carbonyl (C=O) groups excluding carboxylic acids is 2. The van der Waals surface area contributed by atoms with Crippen molar-refractivity contribution in [2.45, 2.75) is 52.8 Å². The number of benzene rings is 1. The summed E-state index contributed by atoms with van der Waals surface area (Å²) in [7, 11) is 0. The van der Waals surface area contributed by atoms with Gasteiger partial charge in [0.2, 0.25) is 6.29 Å². The number of hydrogen-bond acceptors (Lipinski definition) is 7. The average molecular weight is 366 g/mol. The van der Waals surface area contributed by atoms with Crippen molar-refractivity contribution in [3.63, 3.8) is 0 Å². The van der Waals surface area contributed by atoms with E-state index in [9.17, 15) is 9.59 Å². The van der Waals surface area contributed by atoms with Gasteiger partial charge < -0.3 is 24.1 Å². The van der Waals surface area contributed by atoms with Gasteiger partial charge in [-0.25, -0.2) is 0 Å². The standard InChI is InChI=1S/C19H26O7/c1-11-12(2)18(24-14(4)22)19(26-17(11)10-23-13(3)21)25-16-7-5-15(9-20)6-8-16/h5-8,11-12,17-20H,9-10H2,1-4H3. The summed E-state index contributed by atoms with van der Waals surface area (Å²) in [6, 6.07) is 6.90. The highest BCUT2D eigenvalue weighted by Crippen LogP contribution is 2.34. The summed E-state index contributed by atoms with van der Waals surface area (Å²) in [4.78, 5) is 22.6. The van der Waals surface area contributed by atoms with Crippen LogP contribution in [0.5, 0.6) is 5.75 Å². The van der Waals surface area contributed by atoms with Crippen molar-refractivity contribution in [1.29, 1.82) is 0 Å². The molecule has 7 heteroatoms. The highest BCUT2D eigenvalue weighted by molar-refractivity contribution is 5.66. The molecule has 0 bridgehead atoms. The van der Waals surface area contributed by atoms with E-state index in [1.54, 1.807) is 24.3 Å². The molecular formula is C19H26O7. The predicted molar refractivity (Wildman–Crippen MR) is 92.2 cm³/mol. The number of hydrogen-bond donors (Lipinski definition) is 1. The number of aliphatic hydroxyl groups is 1. The second-order valence-corrected chi connectivity index (χ2v) is 6.56. The largest absolute Gasteiger partial charge is 0.463 e. The first-order valence-electron chi connectivity index (χ1n) is 8.64. The number of ether oxygens (including phenoxy) is 4. The summed E-state index contributed by atoms with van der Waals surface area (Å²) in [5, 5.41) is 9.13. The Labute approximate surface area is 153 Å². The summed E-state index contributed by atoms with van der Waals surface area (Å²) in [5.41, 5.74) is 0.758. The molecular weight excluding hydrogens is 340 g/mol. The maximum atomic E-state index is 11.5. The van der Waals surface area contributed by atoms with Crippen molar-refractivity contribution in [3.05, 3.63) is 29.8 Å². The zero-order valence-electron chi connectivity index (χ0n) is 15.5. The van der Waals surface area contributed by atoms with Gasteiger partial charge in [0, 0.05) is 19.8 Å². The normalized spacial score (nSPS) is 28.3. The van der Waals surface area contributed by atoms with Crippen LogP contribution in [0, 0.1) is 11.8 Å². The van der Waals surface area contributed by atoms with Gasteiger partial charge >= 0.3 is 11.9 Å². The van der Waals surface area contributed by atoms with Crippen LogP contribution in [0.15, 0.2) is 24.3 Å². The quantitative estimate of drug-likeness (QED) is 0.771. The van der Waals surface area contributed by atoms with E-state index in [2.05, 4.69) is 0 Å². The van der Waals surface area contributed by atoms with Crippen LogP contribution in [0.1, 0.15) is 33.3 Å². The number of carbonyl (C=O) groups is 2. The molecule has 0 spiro atoms. The number of rotatable bonds is 6. The molecule has 1 aromatic carbocycles. The Balaban J connectivity index is 2.17. The predicted octanol–water partition coefficient (Wildman–Crippen LogP) is 2.05. The van der Waals surface area contributed by atoms with Gasteiger partial charge in [0.05, 0.1) is 12.7 Å². The zero-order chi connectivity index (χ0) is 19.3. The Morgan fingerprint density at radius 2 is 1.73 bits per heavy atom. The molecule has 1 aliphatic rings. The highest BCUT2D eigenvalue weighted by Gasteiger charge is 2.45. The second-order valence-electron chi connectivity index (χ2n) is 6.56. The molecule has 5 unspecified atom stereocenters. The minimum Gasteiger partial charge on any atom is -0.463 e. The maximum Gasteiger partial charge on any atom is 0.303 e. The van der Waals surface area contributed by atoms with E-state index in [0.29, 0.717) is 5.75 Å². The molecule has 1 aromatic rings. The van der Waals surface area contributed by atoms with Crippen LogP contribution in [0.2, 0.25) is 0 Å². The first kappa shape index (κ1) is 20.2. The lowest BCUT2D eigenvalue weighted by Crippen LogP contribution is -2.54. The molecule has 7 nitrogen and oxygen atoms in total. The van der Waals surface area contributed by atoms with Crippen molar-refractivity contribution >= 4 is 11.9 Å². The van der Waals surface area contributed by atoms with Gasteiger partial charge in [-0.15, -0.1) is 0 Å². The minimum atomic E-state index is -0.828. The fraction of sp³-hybridized carbons (Fsp3) is 0.579. The lowest BCUT2D eigenvalue weighted by Gasteiger charge is -2.43. The van der Waals surface area contributed by atoms with Gasteiger partial charge in [-0.2, -0.15) is 0 Å². The van der Waals surface area contributed by atoms with Crippen LogP contribution in [-0.4, -0.2) is 42.1 Å². The molecule has 0 aliphatic carbocycles. The monoisotopic (exact) mass is 366 g/mol. The van der Waals surface area contributed by atoms with Crippen molar-refractivity contribution in [3.8, 4) is 5.75 Å². The zero-order valence-corrected chi connectivity index (χ0v) is 15.5. The number of aliphatic hydroxyl groups excluding tert-OH is 1. The van der Waals surface area contributed by atoms with Crippen LogP contribution in [-0.2, 0) is 30.4 Å². The molecule has 1 saturated heterocycles. The molecule has 0 saturated carbocycles. The second kappa shape index (κ2) is 9.00. The summed E-state index contributed by atoms with van der Waals surface area (Å²) >= 11 is 0. The van der Waals surface area contributed by atoms with E-state index in [-0.39, 0.29) is 37.1 Å². The molecule has 1 fully saturated rings. The Bertz CT molecular complexity index is 611. The van der Waals surface area contributed by atoms with Gasteiger partial charge in [-0.3, -0.25) is 9.59 Å². The van der Waals surface area contributed by atoms with Gasteiger partial charge in [0.25, 0.3) is 0 Å². The topological polar surface area (TPSA) is 91.3 Å². The van der Waals surface area contributed by atoms with Crippen LogP contribution in [0.4, 0.5) is 0 Å². The van der Waals surface area contributed by atoms with E-state index < -0.39 is 18.4 Å². The number of esters is 2. The Hall–Kier alpha value is -2.12. The lowest BCUT2D eigenvalue weighted by atomic mass is 9.83. The molecule has 0 radical (unpaired) electrons. The Kier molecular flexibility index (Phi) is 6.99. The minimum absolute atomic E-state index is 0.00434. The van der Waals surface area contributed by atoms with Crippen LogP contribution < -0.4 is 4.74 Å². The van der Waals surface area contributed by atoms with Crippen LogP contribution in [0.3, 0.4) is 0 Å². The first-order valence-corrected chi connectivity index (χ1v) is 8.64. The summed E-state index contributed by atoms with van der Waals surface area (Å²) < 4.78 is 22.4. The molecule has 1 N–H and O–H groups in total. The smallest absolute Gasteiger partial charge is 0.303 e. The van der Waals surface area contributed by atoms with Gasteiger partial charge in [0.1, 0.15) is 12.4 Å². The van der Waals surface area contributed by atoms with Crippen molar-refractivity contribution < 1.29 is 33.6 Å². The molecule has 144 valence electrons. The molecule has 5 atom stereocenters. The Morgan fingerprint density at radius 3 is 2.27 bits per heavy atom. The maximum absolute atomic E-state index is 11.5. The van der Waals surface area contributed by atoms with E-state index in [1.807, 2.05) is 13.8 Å². The summed E-state index contributed by atoms with van der Waals surface area (Å²) in [5.74, 6) is -0.337. The van der Waals surface area contributed by atoms with Crippen molar-refractivity contribution in [2.24, 2.45) is 11.8 Å². The van der Waals surface area contributed by atoms with Gasteiger partial charge in [-0.1, -0.05) is 26.0 Å². The molecule has 1 aliphatic heterocycles. The molecule has 0 aromatic heterocycles. The van der Waals surface area contributed by atoms with E-state index in [4.69, 9.17) is 24.1 Å². The lowest BCUT2D eigenvalue weighted by molar-refractivity contribution is -0.253. The third-order valence-electron chi connectivity index (χ3n) is 4.62. The fourth-order valence-electron chi connectivity index (χ4n) is 2.91. The summed E-state index contributed by atoms with van der Waals surface area (Å²) in [6.45, 7) is 6.64. The van der Waals surface area contributed by atoms with Crippen molar-refractivity contribution in [1.82, 2.24) is 0 Å². The van der Waals surface area contributed by atoms with Crippen LogP contribution in [0.25, 0.3) is 0 Å². The Morgan fingerprint density at radius 1 is 1.08 bits per heavy atom. The third kappa shape index (κ3) is 5.19. The molecule has 1 heterocycles. The van der Waals surface area contributed by atoms with E-state index in [1.165, 1.54) is 13.8 Å². The summed E-state index contributed by atoms with van der Waals surface area (Å²) in [6.07, 6.45) is -1.79. The van der Waals surface area contributed by atoms with Crippen LogP contribution >= 0.6 is 0 Å². The first-order chi connectivity index (χ1) is 12.3. The SMILES string of the molecule is CC(=O)OCC1OC(Oc2ccc(CO)cc2)C(OC(C)=O)C(C)C1C. The molecule has 0 amide bonds. The van der Waals surface area contributed by atoms with Gasteiger partial charge in [0.15, 0.2) is 6.10 Å². The molecule has 2 rings (SSSR count). The third-order valence-corrected chi connectivity index (χ3v) is 4.62. The van der Waals surface area contributed by atoms with Crippen molar-refractivity contribution in [2.75, 3.05) is 6.61 Å². The van der Waals surface area contributed by atoms with E-state index >= 15 is 0 Å². The van der Waals surface area contributed by atoms with Gasteiger partial charge in [-0.05, 0) is 23.6 Å². The average Bonchev–Trinajstić information content (AvgIpc) is 2.60. The fourth-order valence-corrected chi connectivity index (χ4v) is 2.91.